The molecule has 6 heteroatoms. The van der Waals surface area contributed by atoms with E-state index in [2.05, 4.69) is 15.7 Å². The van der Waals surface area contributed by atoms with Gasteiger partial charge < -0.3 is 9.64 Å². The molecular weight excluding hydrogens is 329 g/mol. The van der Waals surface area contributed by atoms with Gasteiger partial charge in [-0.25, -0.2) is 0 Å². The molecule has 0 radical (unpaired) electrons. The summed E-state index contributed by atoms with van der Waals surface area (Å²) >= 11 is 0. The first-order valence-corrected chi connectivity index (χ1v) is 7.94. The Hall–Kier alpha value is -2.68. The molecule has 0 heterocycles. The van der Waals surface area contributed by atoms with Gasteiger partial charge in [-0.15, -0.1) is 13.2 Å². The Bertz CT molecular complexity index is 757. The van der Waals surface area contributed by atoms with Crippen molar-refractivity contribution in [1.82, 2.24) is 0 Å². The molecule has 130 valence electrons. The van der Waals surface area contributed by atoms with E-state index in [1.165, 1.54) is 12.1 Å². The second-order valence-electron chi connectivity index (χ2n) is 6.21. The number of alkyl halides is 3. The lowest BCUT2D eigenvalue weighted by Gasteiger charge is -2.42. The summed E-state index contributed by atoms with van der Waals surface area (Å²) in [6, 6.07) is 16.0. The molecule has 1 fully saturated rings. The lowest BCUT2D eigenvalue weighted by atomic mass is 9.75. The van der Waals surface area contributed by atoms with Crippen LogP contribution in [0.4, 0.5) is 18.9 Å². The molecule has 3 nitrogen and oxygen atoms in total. The predicted molar refractivity (Wildman–Crippen MR) is 88.4 cm³/mol. The molecule has 0 spiro atoms. The van der Waals surface area contributed by atoms with Gasteiger partial charge in [0.25, 0.3) is 0 Å². The van der Waals surface area contributed by atoms with Gasteiger partial charge in [0.2, 0.25) is 0 Å². The highest BCUT2D eigenvalue weighted by Gasteiger charge is 2.34. The third kappa shape index (κ3) is 4.05. The molecule has 0 saturated heterocycles. The van der Waals surface area contributed by atoms with Gasteiger partial charge in [0.1, 0.15) is 5.75 Å². The zero-order valence-corrected chi connectivity index (χ0v) is 13.6. The average Bonchev–Trinajstić information content (AvgIpc) is 2.53. The van der Waals surface area contributed by atoms with E-state index in [0.29, 0.717) is 17.5 Å². The number of hydrogen-bond acceptors (Lipinski definition) is 3. The summed E-state index contributed by atoms with van der Waals surface area (Å²) in [7, 11) is 2.02. The number of hydrogen-bond donors (Lipinski definition) is 0. The van der Waals surface area contributed by atoms with Crippen LogP contribution < -0.4 is 9.64 Å². The van der Waals surface area contributed by atoms with Crippen molar-refractivity contribution in [1.29, 1.82) is 5.26 Å². The lowest BCUT2D eigenvalue weighted by molar-refractivity contribution is -0.274. The van der Waals surface area contributed by atoms with Crippen molar-refractivity contribution in [2.24, 2.45) is 0 Å². The summed E-state index contributed by atoms with van der Waals surface area (Å²) < 4.78 is 40.4. The van der Waals surface area contributed by atoms with Crippen LogP contribution in [0.3, 0.4) is 0 Å². The monoisotopic (exact) mass is 346 g/mol. The summed E-state index contributed by atoms with van der Waals surface area (Å²) in [6.07, 6.45) is -2.78. The van der Waals surface area contributed by atoms with Crippen LogP contribution in [0.15, 0.2) is 48.5 Å². The number of benzene rings is 2. The molecule has 0 unspecified atom stereocenters. The second kappa shape index (κ2) is 6.67. The smallest absolute Gasteiger partial charge is 0.406 e. The SMILES string of the molecule is CN(c1ccc(C#N)cc1)C1CC(c2ccc(OC(F)(F)F)cc2)C1. The van der Waals surface area contributed by atoms with Gasteiger partial charge in [-0.3, -0.25) is 0 Å². The largest absolute Gasteiger partial charge is 0.573 e. The van der Waals surface area contributed by atoms with Gasteiger partial charge in [-0.2, -0.15) is 5.26 Å². The third-order valence-corrected chi connectivity index (χ3v) is 4.65. The minimum absolute atomic E-state index is 0.193. The molecule has 0 amide bonds. The molecule has 2 aromatic rings. The van der Waals surface area contributed by atoms with E-state index in [-0.39, 0.29) is 5.75 Å². The van der Waals surface area contributed by atoms with Crippen molar-refractivity contribution in [3.8, 4) is 11.8 Å². The van der Waals surface area contributed by atoms with Crippen LogP contribution in [0.5, 0.6) is 5.75 Å². The summed E-state index contributed by atoms with van der Waals surface area (Å²) in [6.45, 7) is 0. The molecular formula is C19H17F3N2O. The molecule has 1 aliphatic rings. The topological polar surface area (TPSA) is 36.3 Å². The Labute approximate surface area is 144 Å². The fourth-order valence-corrected chi connectivity index (χ4v) is 3.10. The van der Waals surface area contributed by atoms with Gasteiger partial charge in [0.15, 0.2) is 0 Å². The number of halogens is 3. The third-order valence-electron chi connectivity index (χ3n) is 4.65. The van der Waals surface area contributed by atoms with E-state index in [4.69, 9.17) is 5.26 Å². The van der Waals surface area contributed by atoms with Crippen LogP contribution in [0.25, 0.3) is 0 Å². The zero-order chi connectivity index (χ0) is 18.0. The van der Waals surface area contributed by atoms with Crippen LogP contribution >= 0.6 is 0 Å². The van der Waals surface area contributed by atoms with Crippen LogP contribution in [0.1, 0.15) is 29.9 Å². The highest BCUT2D eigenvalue weighted by molar-refractivity contribution is 5.50. The first kappa shape index (κ1) is 17.2. The van der Waals surface area contributed by atoms with Crippen LogP contribution in [0.2, 0.25) is 0 Å². The minimum Gasteiger partial charge on any atom is -0.406 e. The summed E-state index contributed by atoms with van der Waals surface area (Å²) in [4.78, 5) is 2.18. The van der Waals surface area contributed by atoms with Gasteiger partial charge in [0.05, 0.1) is 11.6 Å². The van der Waals surface area contributed by atoms with E-state index in [9.17, 15) is 13.2 Å². The first-order chi connectivity index (χ1) is 11.9. The highest BCUT2D eigenvalue weighted by Crippen LogP contribution is 2.41. The number of anilines is 1. The minimum atomic E-state index is -4.66. The fourth-order valence-electron chi connectivity index (χ4n) is 3.10. The van der Waals surface area contributed by atoms with Crippen molar-refractivity contribution >= 4 is 5.69 Å². The van der Waals surface area contributed by atoms with Crippen molar-refractivity contribution in [2.75, 3.05) is 11.9 Å². The molecule has 1 saturated carbocycles. The highest BCUT2D eigenvalue weighted by atomic mass is 19.4. The van der Waals surface area contributed by atoms with Crippen molar-refractivity contribution in [2.45, 2.75) is 31.2 Å². The van der Waals surface area contributed by atoms with E-state index in [0.717, 1.165) is 24.1 Å². The molecule has 0 aromatic heterocycles. The van der Waals surface area contributed by atoms with Crippen molar-refractivity contribution < 1.29 is 17.9 Å². The molecule has 0 bridgehead atoms. The van der Waals surface area contributed by atoms with E-state index in [1.54, 1.807) is 24.3 Å². The van der Waals surface area contributed by atoms with E-state index >= 15 is 0 Å². The standard InChI is InChI=1S/C19H17F3N2O/c1-24(16-6-2-13(12-23)3-7-16)17-10-15(11-17)14-4-8-18(9-5-14)25-19(20,21)22/h2-9,15,17H,10-11H2,1H3. The molecule has 0 atom stereocenters. The summed E-state index contributed by atoms with van der Waals surface area (Å²) in [5.74, 6) is 0.146. The molecule has 1 aliphatic carbocycles. The summed E-state index contributed by atoms with van der Waals surface area (Å²) in [5, 5.41) is 8.84. The van der Waals surface area contributed by atoms with Gasteiger partial charge >= 0.3 is 6.36 Å². The summed E-state index contributed by atoms with van der Waals surface area (Å²) in [5.41, 5.74) is 2.71. The maximum atomic E-state index is 12.2. The zero-order valence-electron chi connectivity index (χ0n) is 13.6. The van der Waals surface area contributed by atoms with Gasteiger partial charge in [-0.1, -0.05) is 12.1 Å². The van der Waals surface area contributed by atoms with E-state index in [1.807, 2.05) is 19.2 Å². The number of nitrogens with zero attached hydrogens (tertiary/aromatic N) is 2. The van der Waals surface area contributed by atoms with Crippen molar-refractivity contribution in [3.05, 3.63) is 59.7 Å². The molecule has 2 aromatic carbocycles. The predicted octanol–water partition coefficient (Wildman–Crippen LogP) is 4.84. The maximum absolute atomic E-state index is 12.2. The Morgan fingerprint density at radius 3 is 2.16 bits per heavy atom. The maximum Gasteiger partial charge on any atom is 0.573 e. The Morgan fingerprint density at radius 1 is 1.04 bits per heavy atom. The van der Waals surface area contributed by atoms with Crippen LogP contribution in [-0.2, 0) is 0 Å². The quantitative estimate of drug-likeness (QED) is 0.795. The lowest BCUT2D eigenvalue weighted by Crippen LogP contribution is -2.41. The average molecular weight is 346 g/mol. The second-order valence-corrected chi connectivity index (χ2v) is 6.21. The molecule has 3 rings (SSSR count). The number of rotatable bonds is 4. The fraction of sp³-hybridized carbons (Fsp3) is 0.316. The first-order valence-electron chi connectivity index (χ1n) is 7.94. The number of ether oxygens (including phenoxy) is 1. The Morgan fingerprint density at radius 2 is 1.64 bits per heavy atom. The van der Waals surface area contributed by atoms with Crippen LogP contribution in [-0.4, -0.2) is 19.5 Å². The molecule has 25 heavy (non-hydrogen) atoms. The Balaban J connectivity index is 1.57. The normalized spacial score (nSPS) is 19.6. The molecule has 0 aliphatic heterocycles. The van der Waals surface area contributed by atoms with Crippen molar-refractivity contribution in [3.63, 3.8) is 0 Å². The number of nitriles is 1. The van der Waals surface area contributed by atoms with Crippen LogP contribution in [0, 0.1) is 11.3 Å². The molecule has 0 N–H and O–H groups in total. The van der Waals surface area contributed by atoms with Gasteiger partial charge in [-0.05, 0) is 60.7 Å². The van der Waals surface area contributed by atoms with E-state index < -0.39 is 6.36 Å². The van der Waals surface area contributed by atoms with Gasteiger partial charge in [0, 0.05) is 18.8 Å². The Kier molecular flexibility index (Phi) is 4.58.